The van der Waals surface area contributed by atoms with Gasteiger partial charge in [-0.1, -0.05) is 36.8 Å². The Balaban J connectivity index is 0.00000131. The second-order valence-corrected chi connectivity index (χ2v) is 8.48. The van der Waals surface area contributed by atoms with Crippen LogP contribution in [0.1, 0.15) is 47.5 Å². The van der Waals surface area contributed by atoms with Gasteiger partial charge in [0.15, 0.2) is 0 Å². The summed E-state index contributed by atoms with van der Waals surface area (Å²) in [7, 11) is 0. The molecule has 1 aromatic heterocycles. The lowest BCUT2D eigenvalue weighted by Crippen LogP contribution is -2.53. The fraction of sp³-hybridized carbons (Fsp3) is 0.500. The number of fused-ring (bicyclic) bond motifs is 2. The van der Waals surface area contributed by atoms with E-state index in [0.717, 1.165) is 34.0 Å². The molecule has 4 nitrogen and oxygen atoms in total. The van der Waals surface area contributed by atoms with Crippen LogP contribution in [0.5, 0.6) is 0 Å². The van der Waals surface area contributed by atoms with Crippen LogP contribution in [0.4, 0.5) is 0 Å². The highest BCUT2D eigenvalue weighted by molar-refractivity contribution is 7.17. The average molecular weight is 428 g/mol. The molecule has 2 unspecified atom stereocenters. The van der Waals surface area contributed by atoms with Crippen molar-refractivity contribution in [1.29, 1.82) is 0 Å². The van der Waals surface area contributed by atoms with E-state index in [4.69, 9.17) is 5.73 Å². The molecule has 2 aromatic rings. The van der Waals surface area contributed by atoms with Crippen molar-refractivity contribution >= 4 is 42.1 Å². The van der Waals surface area contributed by atoms with E-state index in [1.807, 2.05) is 37.3 Å². The summed E-state index contributed by atoms with van der Waals surface area (Å²) in [4.78, 5) is 18.3. The van der Waals surface area contributed by atoms with Gasteiger partial charge in [0.2, 0.25) is 0 Å². The molecule has 148 valence electrons. The first-order valence-electron chi connectivity index (χ1n) is 9.21. The Morgan fingerprint density at radius 1 is 1.15 bits per heavy atom. The van der Waals surface area contributed by atoms with Crippen molar-refractivity contribution in [2.45, 2.75) is 51.1 Å². The van der Waals surface area contributed by atoms with Gasteiger partial charge in [-0.15, -0.1) is 36.2 Å². The number of nitrogens with one attached hydrogen (secondary N) is 1. The van der Waals surface area contributed by atoms with Crippen LogP contribution in [0, 0.1) is 18.8 Å². The Morgan fingerprint density at radius 3 is 2.41 bits per heavy atom. The van der Waals surface area contributed by atoms with E-state index >= 15 is 0 Å². The van der Waals surface area contributed by atoms with E-state index < -0.39 is 0 Å². The van der Waals surface area contributed by atoms with E-state index in [-0.39, 0.29) is 36.8 Å². The Hall–Kier alpha value is -1.14. The number of hydrogen-bond donors (Lipinski definition) is 2. The Morgan fingerprint density at radius 2 is 1.78 bits per heavy atom. The van der Waals surface area contributed by atoms with Gasteiger partial charge in [0, 0.05) is 17.6 Å². The minimum absolute atomic E-state index is 0. The number of benzene rings is 1. The summed E-state index contributed by atoms with van der Waals surface area (Å²) in [5.74, 6) is 1.11. The van der Waals surface area contributed by atoms with Crippen molar-refractivity contribution in [2.24, 2.45) is 17.6 Å². The van der Waals surface area contributed by atoms with Gasteiger partial charge >= 0.3 is 0 Å². The van der Waals surface area contributed by atoms with Crippen LogP contribution in [0.2, 0.25) is 0 Å². The normalized spacial score (nSPS) is 26.4. The molecular formula is C20H27Cl2N3OS. The quantitative estimate of drug-likeness (QED) is 0.751. The number of aryl methyl sites for hydroxylation is 1. The van der Waals surface area contributed by atoms with Gasteiger partial charge in [0.05, 0.1) is 5.69 Å². The van der Waals surface area contributed by atoms with Gasteiger partial charge in [-0.2, -0.15) is 0 Å². The lowest BCUT2D eigenvalue weighted by Gasteiger charge is -2.45. The standard InChI is InChI=1S/C20H25N3OS.2ClH/c1-12-18(25-20(22-12)13-6-3-2-4-7-13)19(24)23-17-14-8-5-9-15(17)11-16(21)10-14;;/h2-4,6-7,14-17H,5,8-11,21H2,1H3,(H,23,24);2*1H. The van der Waals surface area contributed by atoms with Crippen LogP contribution in [0.15, 0.2) is 30.3 Å². The monoisotopic (exact) mass is 427 g/mol. The maximum absolute atomic E-state index is 12.9. The Kier molecular flexibility index (Phi) is 7.69. The van der Waals surface area contributed by atoms with Gasteiger partial charge in [0.1, 0.15) is 9.88 Å². The van der Waals surface area contributed by atoms with Gasteiger partial charge < -0.3 is 11.1 Å². The molecule has 1 heterocycles. The van der Waals surface area contributed by atoms with E-state index in [1.165, 1.54) is 30.6 Å². The third-order valence-corrected chi connectivity index (χ3v) is 6.90. The first kappa shape index (κ1) is 22.2. The molecule has 3 N–H and O–H groups in total. The number of rotatable bonds is 3. The maximum atomic E-state index is 12.9. The van der Waals surface area contributed by atoms with Crippen LogP contribution < -0.4 is 11.1 Å². The van der Waals surface area contributed by atoms with Gasteiger partial charge in [-0.3, -0.25) is 4.79 Å². The topological polar surface area (TPSA) is 68.0 Å². The molecule has 27 heavy (non-hydrogen) atoms. The van der Waals surface area contributed by atoms with Crippen LogP contribution in [0.3, 0.4) is 0 Å². The largest absolute Gasteiger partial charge is 0.348 e. The highest BCUT2D eigenvalue weighted by Crippen LogP contribution is 2.40. The molecule has 0 radical (unpaired) electrons. The third-order valence-electron chi connectivity index (χ3n) is 5.70. The Labute approximate surface area is 177 Å². The van der Waals surface area contributed by atoms with E-state index in [0.29, 0.717) is 17.9 Å². The molecule has 2 fully saturated rings. The number of amides is 1. The van der Waals surface area contributed by atoms with Crippen molar-refractivity contribution in [3.05, 3.63) is 40.9 Å². The van der Waals surface area contributed by atoms with Gasteiger partial charge in [0.25, 0.3) is 5.91 Å². The highest BCUT2D eigenvalue weighted by atomic mass is 35.5. The summed E-state index contributed by atoms with van der Waals surface area (Å²) in [6, 6.07) is 10.6. The number of halogens is 2. The number of nitrogens with two attached hydrogens (primary N) is 1. The summed E-state index contributed by atoms with van der Waals surface area (Å²) >= 11 is 1.49. The molecule has 2 bridgehead atoms. The molecule has 2 aliphatic rings. The average Bonchev–Trinajstić information content (AvgIpc) is 2.98. The predicted octanol–water partition coefficient (Wildman–Crippen LogP) is 4.60. The van der Waals surface area contributed by atoms with E-state index in [1.54, 1.807) is 0 Å². The zero-order valence-corrected chi connectivity index (χ0v) is 17.8. The highest BCUT2D eigenvalue weighted by Gasteiger charge is 2.40. The summed E-state index contributed by atoms with van der Waals surface area (Å²) in [6.45, 7) is 1.93. The second-order valence-electron chi connectivity index (χ2n) is 7.48. The van der Waals surface area contributed by atoms with Crippen molar-refractivity contribution in [1.82, 2.24) is 10.3 Å². The molecule has 4 rings (SSSR count). The molecular weight excluding hydrogens is 401 g/mol. The smallest absolute Gasteiger partial charge is 0.263 e. The summed E-state index contributed by atoms with van der Waals surface area (Å²) in [5, 5.41) is 4.25. The predicted molar refractivity (Wildman–Crippen MR) is 116 cm³/mol. The number of thiazole rings is 1. The first-order valence-corrected chi connectivity index (χ1v) is 10.0. The summed E-state index contributed by atoms with van der Waals surface area (Å²) in [6.07, 6.45) is 5.72. The maximum Gasteiger partial charge on any atom is 0.263 e. The van der Waals surface area contributed by atoms with E-state index in [9.17, 15) is 4.79 Å². The zero-order chi connectivity index (χ0) is 17.4. The van der Waals surface area contributed by atoms with E-state index in [2.05, 4.69) is 10.3 Å². The molecule has 0 aliphatic heterocycles. The number of carbonyl (C=O) groups is 1. The Bertz CT molecular complexity index is 754. The molecule has 2 aliphatic carbocycles. The number of aromatic nitrogens is 1. The first-order chi connectivity index (χ1) is 12.1. The van der Waals surface area contributed by atoms with Crippen LogP contribution in [-0.2, 0) is 0 Å². The fourth-order valence-corrected chi connectivity index (χ4v) is 5.53. The molecule has 1 aromatic carbocycles. The molecule has 0 saturated heterocycles. The van der Waals surface area contributed by atoms with Crippen molar-refractivity contribution in [2.75, 3.05) is 0 Å². The minimum Gasteiger partial charge on any atom is -0.348 e. The second kappa shape index (κ2) is 9.37. The number of nitrogens with zero attached hydrogens (tertiary/aromatic N) is 1. The minimum atomic E-state index is 0. The molecule has 7 heteroatoms. The summed E-state index contributed by atoms with van der Waals surface area (Å²) < 4.78 is 0. The number of carbonyl (C=O) groups excluding carboxylic acids is 1. The SMILES string of the molecule is Cc1nc(-c2ccccc2)sc1C(=O)NC1C2CCCC1CC(N)C2.Cl.Cl. The van der Waals surface area contributed by atoms with Gasteiger partial charge in [-0.05, 0) is 44.4 Å². The van der Waals surface area contributed by atoms with Crippen molar-refractivity contribution < 1.29 is 4.79 Å². The third kappa shape index (κ3) is 4.65. The van der Waals surface area contributed by atoms with Crippen molar-refractivity contribution in [3.63, 3.8) is 0 Å². The summed E-state index contributed by atoms with van der Waals surface area (Å²) in [5.41, 5.74) is 8.08. The van der Waals surface area contributed by atoms with Gasteiger partial charge in [-0.25, -0.2) is 4.98 Å². The lowest BCUT2D eigenvalue weighted by molar-refractivity contribution is 0.0759. The molecule has 2 saturated carbocycles. The lowest BCUT2D eigenvalue weighted by atomic mass is 9.67. The van der Waals surface area contributed by atoms with Crippen LogP contribution >= 0.6 is 36.2 Å². The number of hydrogen-bond acceptors (Lipinski definition) is 4. The van der Waals surface area contributed by atoms with Crippen molar-refractivity contribution in [3.8, 4) is 10.6 Å². The van der Waals surface area contributed by atoms with Crippen LogP contribution in [-0.4, -0.2) is 23.0 Å². The zero-order valence-electron chi connectivity index (χ0n) is 15.4. The molecule has 1 amide bonds. The molecule has 2 atom stereocenters. The van der Waals surface area contributed by atoms with Crippen LogP contribution in [0.25, 0.3) is 10.6 Å². The fourth-order valence-electron chi connectivity index (χ4n) is 4.55. The molecule has 0 spiro atoms.